The number of amides is 1. The summed E-state index contributed by atoms with van der Waals surface area (Å²) in [7, 11) is 1.37. The van der Waals surface area contributed by atoms with E-state index in [1.165, 1.54) is 37.6 Å². The topological polar surface area (TPSA) is 88.5 Å². The lowest BCUT2D eigenvalue weighted by Crippen LogP contribution is -2.15. The molecule has 0 aliphatic heterocycles. The fourth-order valence-electron chi connectivity index (χ4n) is 1.69. The van der Waals surface area contributed by atoms with Crippen molar-refractivity contribution in [1.82, 2.24) is 4.98 Å². The number of hydrogen-bond acceptors (Lipinski definition) is 4. The van der Waals surface area contributed by atoms with Crippen LogP contribution in [0.25, 0.3) is 0 Å². The third kappa shape index (κ3) is 3.14. The van der Waals surface area contributed by atoms with Gasteiger partial charge in [0.25, 0.3) is 5.91 Å². The van der Waals surface area contributed by atoms with E-state index >= 15 is 0 Å². The highest BCUT2D eigenvalue weighted by atomic mass is 19.1. The summed E-state index contributed by atoms with van der Waals surface area (Å²) in [4.78, 5) is 26.5. The van der Waals surface area contributed by atoms with Crippen LogP contribution in [0.4, 0.5) is 10.1 Å². The number of carboxylic acids is 1. The summed E-state index contributed by atoms with van der Waals surface area (Å²) in [6.07, 6.45) is 2.20. The minimum atomic E-state index is -1.15. The van der Waals surface area contributed by atoms with E-state index in [1.807, 2.05) is 0 Å². The lowest BCUT2D eigenvalue weighted by molar-refractivity contribution is 0.0696. The van der Waals surface area contributed by atoms with Gasteiger partial charge in [-0.1, -0.05) is 0 Å². The number of nitrogens with zero attached hydrogens (tertiary/aromatic N) is 1. The molecular weight excluding hydrogens is 279 g/mol. The zero-order chi connectivity index (χ0) is 15.4. The van der Waals surface area contributed by atoms with E-state index in [2.05, 4.69) is 10.3 Å². The van der Waals surface area contributed by atoms with Crippen LogP contribution in [-0.4, -0.2) is 29.1 Å². The van der Waals surface area contributed by atoms with Gasteiger partial charge in [0.05, 0.1) is 30.1 Å². The predicted octanol–water partition coefficient (Wildman–Crippen LogP) is 2.18. The summed E-state index contributed by atoms with van der Waals surface area (Å²) < 4.78 is 18.5. The Balaban J connectivity index is 2.34. The highest BCUT2D eigenvalue weighted by Crippen LogP contribution is 2.26. The van der Waals surface area contributed by atoms with Gasteiger partial charge in [0.15, 0.2) is 5.82 Å². The maximum absolute atomic E-state index is 13.5. The SMILES string of the molecule is COc1ccc(C(=O)O)cc1NC(=O)c1ccncc1F. The zero-order valence-corrected chi connectivity index (χ0v) is 11.0. The first-order valence-corrected chi connectivity index (χ1v) is 5.85. The van der Waals surface area contributed by atoms with Crippen LogP contribution in [-0.2, 0) is 0 Å². The number of ether oxygens (including phenoxy) is 1. The largest absolute Gasteiger partial charge is 0.495 e. The molecule has 0 saturated heterocycles. The molecule has 0 bridgehead atoms. The molecule has 0 saturated carbocycles. The van der Waals surface area contributed by atoms with Crippen LogP contribution < -0.4 is 10.1 Å². The fraction of sp³-hybridized carbons (Fsp3) is 0.0714. The normalized spacial score (nSPS) is 10.0. The maximum atomic E-state index is 13.5. The van der Waals surface area contributed by atoms with E-state index in [1.54, 1.807) is 0 Å². The number of nitrogens with one attached hydrogen (secondary N) is 1. The first kappa shape index (κ1) is 14.4. The molecule has 0 radical (unpaired) electrons. The van der Waals surface area contributed by atoms with Crippen molar-refractivity contribution in [3.63, 3.8) is 0 Å². The molecule has 0 atom stereocenters. The first-order valence-electron chi connectivity index (χ1n) is 5.85. The Morgan fingerprint density at radius 2 is 2.10 bits per heavy atom. The van der Waals surface area contributed by atoms with Crippen LogP contribution in [0.2, 0.25) is 0 Å². The molecule has 1 aromatic heterocycles. The Bertz CT molecular complexity index is 703. The molecule has 0 unspecified atom stereocenters. The van der Waals surface area contributed by atoms with Crippen molar-refractivity contribution in [2.24, 2.45) is 0 Å². The molecule has 6 nitrogen and oxygen atoms in total. The molecule has 7 heteroatoms. The van der Waals surface area contributed by atoms with Crippen LogP contribution in [0.1, 0.15) is 20.7 Å². The summed E-state index contributed by atoms with van der Waals surface area (Å²) in [5, 5.41) is 11.4. The molecular formula is C14H11FN2O4. The van der Waals surface area contributed by atoms with E-state index in [0.717, 1.165) is 6.20 Å². The van der Waals surface area contributed by atoms with E-state index < -0.39 is 17.7 Å². The van der Waals surface area contributed by atoms with Crippen molar-refractivity contribution in [1.29, 1.82) is 0 Å². The zero-order valence-electron chi connectivity index (χ0n) is 11.0. The van der Waals surface area contributed by atoms with Crippen molar-refractivity contribution in [2.45, 2.75) is 0 Å². The summed E-state index contributed by atoms with van der Waals surface area (Å²) >= 11 is 0. The van der Waals surface area contributed by atoms with Crippen LogP contribution in [0.5, 0.6) is 5.75 Å². The van der Waals surface area contributed by atoms with E-state index in [4.69, 9.17) is 9.84 Å². The Kier molecular flexibility index (Phi) is 4.13. The quantitative estimate of drug-likeness (QED) is 0.901. The van der Waals surface area contributed by atoms with Gasteiger partial charge in [-0.15, -0.1) is 0 Å². The molecule has 0 aliphatic rings. The third-order valence-corrected chi connectivity index (χ3v) is 2.71. The van der Waals surface area contributed by atoms with Crippen molar-refractivity contribution in [3.05, 3.63) is 53.6 Å². The highest BCUT2D eigenvalue weighted by molar-refractivity contribution is 6.05. The Hall–Kier alpha value is -2.96. The molecule has 0 fully saturated rings. The minimum Gasteiger partial charge on any atom is -0.495 e. The van der Waals surface area contributed by atoms with E-state index in [9.17, 15) is 14.0 Å². The number of halogens is 1. The van der Waals surface area contributed by atoms with Gasteiger partial charge in [-0.2, -0.15) is 0 Å². The third-order valence-electron chi connectivity index (χ3n) is 2.71. The molecule has 1 aromatic carbocycles. The van der Waals surface area contributed by atoms with Gasteiger partial charge in [-0.05, 0) is 24.3 Å². The molecule has 108 valence electrons. The maximum Gasteiger partial charge on any atom is 0.335 e. The number of anilines is 1. The second-order valence-electron chi connectivity index (χ2n) is 4.03. The number of carbonyl (C=O) groups excluding carboxylic acids is 1. The van der Waals surface area contributed by atoms with Gasteiger partial charge >= 0.3 is 5.97 Å². The van der Waals surface area contributed by atoms with E-state index in [-0.39, 0.29) is 22.6 Å². The van der Waals surface area contributed by atoms with Crippen LogP contribution in [0, 0.1) is 5.82 Å². The molecule has 1 amide bonds. The standard InChI is InChI=1S/C14H11FN2O4/c1-21-12-3-2-8(14(19)20)6-11(12)17-13(18)9-4-5-16-7-10(9)15/h2-7H,1H3,(H,17,18)(H,19,20). The molecule has 2 N–H and O–H groups in total. The summed E-state index contributed by atoms with van der Waals surface area (Å²) in [6.45, 7) is 0. The highest BCUT2D eigenvalue weighted by Gasteiger charge is 2.15. The molecule has 2 aromatic rings. The number of aromatic carboxylic acids is 1. The Labute approximate surface area is 119 Å². The number of aromatic nitrogens is 1. The van der Waals surface area contributed by atoms with Crippen molar-refractivity contribution in [3.8, 4) is 5.75 Å². The number of rotatable bonds is 4. The van der Waals surface area contributed by atoms with Gasteiger partial charge in [0.1, 0.15) is 5.75 Å². The van der Waals surface area contributed by atoms with Crippen LogP contribution in [0.3, 0.4) is 0 Å². The summed E-state index contributed by atoms with van der Waals surface area (Å²) in [5.74, 6) is -2.38. The van der Waals surface area contributed by atoms with Crippen molar-refractivity contribution in [2.75, 3.05) is 12.4 Å². The number of methoxy groups -OCH3 is 1. The predicted molar refractivity (Wildman–Crippen MR) is 72.1 cm³/mol. The number of hydrogen-bond donors (Lipinski definition) is 2. The van der Waals surface area contributed by atoms with Crippen molar-refractivity contribution < 1.29 is 23.8 Å². The Morgan fingerprint density at radius 3 is 2.71 bits per heavy atom. The summed E-state index contributed by atoms with van der Waals surface area (Å²) in [6, 6.07) is 5.20. The van der Waals surface area contributed by atoms with Gasteiger partial charge in [-0.25, -0.2) is 9.18 Å². The number of carbonyl (C=O) groups is 2. The Morgan fingerprint density at radius 1 is 1.33 bits per heavy atom. The van der Waals surface area contributed by atoms with Gasteiger partial charge in [0, 0.05) is 6.20 Å². The second kappa shape index (κ2) is 6.00. The molecule has 2 rings (SSSR count). The van der Waals surface area contributed by atoms with E-state index in [0.29, 0.717) is 0 Å². The smallest absolute Gasteiger partial charge is 0.335 e. The van der Waals surface area contributed by atoms with Gasteiger partial charge in [0.2, 0.25) is 0 Å². The average Bonchev–Trinajstić information content (AvgIpc) is 2.47. The van der Waals surface area contributed by atoms with Gasteiger partial charge < -0.3 is 15.2 Å². The number of pyridine rings is 1. The first-order chi connectivity index (χ1) is 10.0. The summed E-state index contributed by atoms with van der Waals surface area (Å²) in [5.41, 5.74) is -0.0901. The fourth-order valence-corrected chi connectivity index (χ4v) is 1.69. The molecule has 0 spiro atoms. The lowest BCUT2D eigenvalue weighted by Gasteiger charge is -2.11. The second-order valence-corrected chi connectivity index (χ2v) is 4.03. The number of benzene rings is 1. The van der Waals surface area contributed by atoms with Gasteiger partial charge in [-0.3, -0.25) is 9.78 Å². The number of carboxylic acid groups (broad SMARTS) is 1. The average molecular weight is 290 g/mol. The molecule has 0 aliphatic carbocycles. The minimum absolute atomic E-state index is 0.0266. The molecule has 1 heterocycles. The van der Waals surface area contributed by atoms with Crippen LogP contribution in [0.15, 0.2) is 36.7 Å². The van der Waals surface area contributed by atoms with Crippen LogP contribution >= 0.6 is 0 Å². The van der Waals surface area contributed by atoms with Crippen molar-refractivity contribution >= 4 is 17.6 Å². The molecule has 21 heavy (non-hydrogen) atoms. The lowest BCUT2D eigenvalue weighted by atomic mass is 10.1. The monoisotopic (exact) mass is 290 g/mol.